The van der Waals surface area contributed by atoms with Crippen LogP contribution in [0.1, 0.15) is 12.8 Å². The molecule has 1 aliphatic rings. The predicted molar refractivity (Wildman–Crippen MR) is 46.8 cm³/mol. The number of aliphatic hydroxyl groups excluding tert-OH is 2. The lowest BCUT2D eigenvalue weighted by atomic mass is 10.2. The number of nitrogens with one attached hydrogen (secondary N) is 1. The van der Waals surface area contributed by atoms with E-state index < -0.39 is 0 Å². The topological polar surface area (TPSA) is 55.7 Å². The van der Waals surface area contributed by atoms with Gasteiger partial charge < -0.3 is 15.5 Å². The van der Waals surface area contributed by atoms with E-state index in [4.69, 9.17) is 10.2 Å². The first-order valence-electron chi connectivity index (χ1n) is 4.55. The average Bonchev–Trinajstić information content (AvgIpc) is 2.00. The van der Waals surface area contributed by atoms with Crippen LogP contribution >= 0.6 is 0 Å². The normalized spacial score (nSPS) is 19.5. The number of unbranched alkanes of at least 4 members (excludes halogenated alkanes) is 1. The Kier molecular flexibility index (Phi) is 4.53. The molecule has 12 heavy (non-hydrogen) atoms. The summed E-state index contributed by atoms with van der Waals surface area (Å²) in [6.07, 6.45) is 1.78. The van der Waals surface area contributed by atoms with Gasteiger partial charge in [-0.25, -0.2) is 0 Å². The van der Waals surface area contributed by atoms with Crippen molar-refractivity contribution in [3.63, 3.8) is 0 Å². The van der Waals surface area contributed by atoms with Gasteiger partial charge in [-0.05, 0) is 19.4 Å². The van der Waals surface area contributed by atoms with E-state index in [1.165, 1.54) is 0 Å². The van der Waals surface area contributed by atoms with Crippen molar-refractivity contribution in [2.24, 2.45) is 0 Å². The molecule has 1 fully saturated rings. The lowest BCUT2D eigenvalue weighted by molar-refractivity contribution is -0.00231. The van der Waals surface area contributed by atoms with Crippen LogP contribution in [0.15, 0.2) is 0 Å². The van der Waals surface area contributed by atoms with Crippen molar-refractivity contribution in [1.82, 2.24) is 10.2 Å². The molecule has 72 valence electrons. The van der Waals surface area contributed by atoms with E-state index in [0.29, 0.717) is 0 Å². The molecule has 4 nitrogen and oxygen atoms in total. The number of hydrogen-bond acceptors (Lipinski definition) is 4. The molecule has 1 saturated heterocycles. The van der Waals surface area contributed by atoms with Crippen LogP contribution in [0.25, 0.3) is 0 Å². The van der Waals surface area contributed by atoms with Crippen molar-refractivity contribution >= 4 is 0 Å². The third-order valence-electron chi connectivity index (χ3n) is 2.03. The highest BCUT2D eigenvalue weighted by atomic mass is 16.3. The Labute approximate surface area is 73.2 Å². The summed E-state index contributed by atoms with van der Waals surface area (Å²) < 4.78 is 0. The minimum atomic E-state index is -0.107. The molecule has 0 aliphatic carbocycles. The number of nitrogens with zero attached hydrogens (tertiary/aromatic N) is 1. The monoisotopic (exact) mass is 174 g/mol. The predicted octanol–water partition coefficient (Wildman–Crippen LogP) is -1.02. The molecule has 0 aromatic carbocycles. The fourth-order valence-corrected chi connectivity index (χ4v) is 1.27. The summed E-state index contributed by atoms with van der Waals surface area (Å²) in [4.78, 5) is 2.16. The molecule has 4 heteroatoms. The fourth-order valence-electron chi connectivity index (χ4n) is 1.27. The summed E-state index contributed by atoms with van der Waals surface area (Å²) in [6.45, 7) is 3.69. The van der Waals surface area contributed by atoms with Crippen LogP contribution < -0.4 is 5.32 Å². The van der Waals surface area contributed by atoms with Crippen molar-refractivity contribution in [2.75, 3.05) is 32.9 Å². The lowest BCUT2D eigenvalue weighted by Crippen LogP contribution is -2.53. The van der Waals surface area contributed by atoms with Crippen LogP contribution in [0.5, 0.6) is 0 Å². The van der Waals surface area contributed by atoms with Crippen molar-refractivity contribution in [3.8, 4) is 0 Å². The summed E-state index contributed by atoms with van der Waals surface area (Å²) >= 11 is 0. The van der Waals surface area contributed by atoms with Crippen LogP contribution in [-0.2, 0) is 0 Å². The molecule has 0 radical (unpaired) electrons. The van der Waals surface area contributed by atoms with E-state index >= 15 is 0 Å². The molecular weight excluding hydrogens is 156 g/mol. The zero-order valence-corrected chi connectivity index (χ0v) is 7.37. The quantitative estimate of drug-likeness (QED) is 0.451. The molecule has 1 aliphatic heterocycles. The summed E-state index contributed by atoms with van der Waals surface area (Å²) in [7, 11) is 0. The first-order chi connectivity index (χ1) is 5.83. The van der Waals surface area contributed by atoms with Gasteiger partial charge in [0.05, 0.1) is 6.10 Å². The van der Waals surface area contributed by atoms with Crippen LogP contribution in [0.4, 0.5) is 0 Å². The maximum atomic E-state index is 8.96. The molecule has 0 saturated carbocycles. The Hall–Kier alpha value is -0.160. The Bertz CT molecular complexity index is 116. The lowest BCUT2D eigenvalue weighted by Gasteiger charge is -2.35. The fraction of sp³-hybridized carbons (Fsp3) is 1.00. The highest BCUT2D eigenvalue weighted by molar-refractivity contribution is 4.77. The third kappa shape index (κ3) is 3.49. The largest absolute Gasteiger partial charge is 0.396 e. The van der Waals surface area contributed by atoms with Gasteiger partial charge in [-0.2, -0.15) is 0 Å². The number of aliphatic hydroxyl groups is 2. The Balaban J connectivity index is 1.77. The van der Waals surface area contributed by atoms with Gasteiger partial charge in [-0.3, -0.25) is 4.90 Å². The molecule has 0 unspecified atom stereocenters. The summed E-state index contributed by atoms with van der Waals surface area (Å²) in [5.74, 6) is 0. The molecule has 1 rings (SSSR count). The van der Waals surface area contributed by atoms with Crippen molar-refractivity contribution in [2.45, 2.75) is 18.9 Å². The Morgan fingerprint density at radius 3 is 2.67 bits per heavy atom. The van der Waals surface area contributed by atoms with Gasteiger partial charge in [0.1, 0.15) is 0 Å². The van der Waals surface area contributed by atoms with Gasteiger partial charge in [-0.1, -0.05) is 0 Å². The summed E-state index contributed by atoms with van der Waals surface area (Å²) in [6, 6.07) is 0. The Morgan fingerprint density at radius 1 is 1.33 bits per heavy atom. The van der Waals surface area contributed by atoms with Gasteiger partial charge in [0.25, 0.3) is 0 Å². The van der Waals surface area contributed by atoms with E-state index in [-0.39, 0.29) is 12.7 Å². The highest BCUT2D eigenvalue weighted by Gasteiger charge is 2.22. The van der Waals surface area contributed by atoms with Crippen LogP contribution in [0.2, 0.25) is 0 Å². The van der Waals surface area contributed by atoms with Crippen LogP contribution in [-0.4, -0.2) is 54.1 Å². The van der Waals surface area contributed by atoms with Gasteiger partial charge in [0.2, 0.25) is 0 Å². The second-order valence-electron chi connectivity index (χ2n) is 3.28. The Morgan fingerprint density at radius 2 is 2.08 bits per heavy atom. The van der Waals surface area contributed by atoms with Crippen molar-refractivity contribution in [1.29, 1.82) is 0 Å². The molecule has 0 aromatic heterocycles. The van der Waals surface area contributed by atoms with E-state index in [1.807, 2.05) is 0 Å². The van der Waals surface area contributed by atoms with Crippen molar-refractivity contribution in [3.05, 3.63) is 0 Å². The average molecular weight is 174 g/mol. The first-order valence-corrected chi connectivity index (χ1v) is 4.55. The van der Waals surface area contributed by atoms with Gasteiger partial charge >= 0.3 is 0 Å². The summed E-state index contributed by atoms with van der Waals surface area (Å²) in [5.41, 5.74) is 0. The molecular formula is C8H18N2O2. The molecule has 0 atom stereocenters. The second kappa shape index (κ2) is 5.48. The van der Waals surface area contributed by atoms with Crippen LogP contribution in [0, 0.1) is 0 Å². The smallest absolute Gasteiger partial charge is 0.0794 e. The van der Waals surface area contributed by atoms with E-state index in [0.717, 1.165) is 39.1 Å². The number of hydrogen-bond donors (Lipinski definition) is 3. The third-order valence-corrected chi connectivity index (χ3v) is 2.03. The molecule has 0 spiro atoms. The maximum absolute atomic E-state index is 8.96. The first kappa shape index (κ1) is 9.92. The van der Waals surface area contributed by atoms with Gasteiger partial charge in [0, 0.05) is 26.4 Å². The van der Waals surface area contributed by atoms with E-state index in [1.54, 1.807) is 0 Å². The summed E-state index contributed by atoms with van der Waals surface area (Å²) in [5, 5.41) is 20.7. The minimum Gasteiger partial charge on any atom is -0.396 e. The highest BCUT2D eigenvalue weighted by Crippen LogP contribution is 2.04. The minimum absolute atomic E-state index is 0.107. The second-order valence-corrected chi connectivity index (χ2v) is 3.28. The van der Waals surface area contributed by atoms with E-state index in [9.17, 15) is 0 Å². The van der Waals surface area contributed by atoms with Crippen LogP contribution in [0.3, 0.4) is 0 Å². The number of likely N-dealkylation sites (tertiary alicyclic amines) is 1. The van der Waals surface area contributed by atoms with E-state index in [2.05, 4.69) is 10.2 Å². The van der Waals surface area contributed by atoms with Crippen molar-refractivity contribution < 1.29 is 10.2 Å². The standard InChI is InChI=1S/C8H18N2O2/c11-4-2-1-3-9-7-10-5-8(12)6-10/h8-9,11-12H,1-7H2. The maximum Gasteiger partial charge on any atom is 0.0794 e. The van der Waals surface area contributed by atoms with Gasteiger partial charge in [-0.15, -0.1) is 0 Å². The number of β-amino-alcohol motifs (C(OH)–C–C–N with tert-alkyl or cyclic N) is 1. The molecule has 0 bridgehead atoms. The molecule has 1 heterocycles. The molecule has 0 amide bonds. The zero-order valence-electron chi connectivity index (χ0n) is 7.37. The number of rotatable bonds is 6. The van der Waals surface area contributed by atoms with Gasteiger partial charge in [0.15, 0.2) is 0 Å². The zero-order chi connectivity index (χ0) is 8.81. The SMILES string of the molecule is OCCCCNCN1CC(O)C1. The molecule has 0 aromatic rings. The molecule has 3 N–H and O–H groups in total.